The minimum Gasteiger partial charge on any atom is -0.396 e. The van der Waals surface area contributed by atoms with Crippen LogP contribution in [0.15, 0.2) is 0 Å². The number of hydrogen-bond acceptors (Lipinski definition) is 2. The number of aliphatic hydroxyl groups excluding tert-OH is 1. The van der Waals surface area contributed by atoms with E-state index in [-0.39, 0.29) is 18.6 Å². The fourth-order valence-electron chi connectivity index (χ4n) is 1.16. The Kier molecular flexibility index (Phi) is 6.16. The molecule has 0 aliphatic rings. The first-order chi connectivity index (χ1) is 5.99. The van der Waals surface area contributed by atoms with Crippen LogP contribution in [0.3, 0.4) is 0 Å². The lowest BCUT2D eigenvalue weighted by molar-refractivity contribution is 0.0921. The van der Waals surface area contributed by atoms with E-state index in [9.17, 15) is 8.78 Å². The molecule has 0 fully saturated rings. The van der Waals surface area contributed by atoms with Crippen LogP contribution in [0.1, 0.15) is 27.2 Å². The molecule has 4 heteroatoms. The lowest BCUT2D eigenvalue weighted by Crippen LogP contribution is -2.43. The number of hydrogen-bond donors (Lipinski definition) is 2. The molecule has 0 aromatic carbocycles. The van der Waals surface area contributed by atoms with Gasteiger partial charge in [-0.05, 0) is 19.3 Å². The molecule has 0 rings (SSSR count). The molecule has 2 atom stereocenters. The zero-order valence-electron chi connectivity index (χ0n) is 8.43. The van der Waals surface area contributed by atoms with Crippen LogP contribution < -0.4 is 5.32 Å². The van der Waals surface area contributed by atoms with Crippen molar-refractivity contribution in [3.8, 4) is 0 Å². The maximum atomic E-state index is 12.2. The summed E-state index contributed by atoms with van der Waals surface area (Å²) in [5, 5.41) is 11.5. The second kappa shape index (κ2) is 6.27. The molecule has 0 aromatic heterocycles. The molecular formula is C9H19F2NO. The summed E-state index contributed by atoms with van der Waals surface area (Å²) in [6.07, 6.45) is -1.82. The third kappa shape index (κ3) is 5.16. The Hall–Kier alpha value is -0.220. The molecule has 80 valence electrons. The second-order valence-corrected chi connectivity index (χ2v) is 3.65. The van der Waals surface area contributed by atoms with Crippen LogP contribution in [0.2, 0.25) is 0 Å². The van der Waals surface area contributed by atoms with Crippen LogP contribution in [0.5, 0.6) is 0 Å². The lowest BCUT2D eigenvalue weighted by Gasteiger charge is -2.25. The van der Waals surface area contributed by atoms with Crippen molar-refractivity contribution in [1.29, 1.82) is 0 Å². The van der Waals surface area contributed by atoms with Crippen molar-refractivity contribution in [3.05, 3.63) is 0 Å². The molecule has 13 heavy (non-hydrogen) atoms. The van der Waals surface area contributed by atoms with E-state index < -0.39 is 12.5 Å². The van der Waals surface area contributed by atoms with Crippen molar-refractivity contribution < 1.29 is 13.9 Å². The second-order valence-electron chi connectivity index (χ2n) is 3.65. The Labute approximate surface area is 78.3 Å². The molecule has 2 N–H and O–H groups in total. The monoisotopic (exact) mass is 195 g/mol. The van der Waals surface area contributed by atoms with E-state index in [0.717, 1.165) is 0 Å². The molecule has 0 aromatic rings. The van der Waals surface area contributed by atoms with Crippen molar-refractivity contribution in [2.45, 2.75) is 45.7 Å². The molecule has 0 saturated carbocycles. The number of alkyl halides is 2. The van der Waals surface area contributed by atoms with Gasteiger partial charge in [-0.25, -0.2) is 8.78 Å². The van der Waals surface area contributed by atoms with Crippen molar-refractivity contribution in [2.24, 2.45) is 5.92 Å². The topological polar surface area (TPSA) is 32.3 Å². The molecule has 0 aliphatic carbocycles. The maximum absolute atomic E-state index is 12.2. The van der Waals surface area contributed by atoms with Gasteiger partial charge in [-0.3, -0.25) is 0 Å². The van der Waals surface area contributed by atoms with Gasteiger partial charge in [-0.15, -0.1) is 0 Å². The zero-order valence-corrected chi connectivity index (χ0v) is 8.43. The molecule has 2 unspecified atom stereocenters. The van der Waals surface area contributed by atoms with Crippen LogP contribution in [-0.4, -0.2) is 30.2 Å². The first-order valence-electron chi connectivity index (χ1n) is 4.64. The lowest BCUT2D eigenvalue weighted by atomic mass is 10.0. The molecule has 0 radical (unpaired) electrons. The average Bonchev–Trinajstić information content (AvgIpc) is 2.03. The third-order valence-electron chi connectivity index (χ3n) is 2.10. The quantitative estimate of drug-likeness (QED) is 0.675. The van der Waals surface area contributed by atoms with Crippen LogP contribution in [0.25, 0.3) is 0 Å². The molecule has 0 heterocycles. The molecule has 0 amide bonds. The summed E-state index contributed by atoms with van der Waals surface area (Å²) in [6.45, 7) is 5.39. The predicted molar refractivity (Wildman–Crippen MR) is 48.9 cm³/mol. The van der Waals surface area contributed by atoms with E-state index in [1.807, 2.05) is 13.8 Å². The van der Waals surface area contributed by atoms with Gasteiger partial charge in [0.15, 0.2) is 0 Å². The molecule has 0 saturated heterocycles. The smallest absolute Gasteiger partial charge is 0.253 e. The fourth-order valence-corrected chi connectivity index (χ4v) is 1.16. The summed E-state index contributed by atoms with van der Waals surface area (Å²) in [6, 6.07) is -0.840. The molecular weight excluding hydrogens is 176 g/mol. The summed E-state index contributed by atoms with van der Waals surface area (Å²) < 4.78 is 24.3. The zero-order chi connectivity index (χ0) is 10.4. The molecule has 0 bridgehead atoms. The number of rotatable bonds is 6. The standard InChI is InChI=1S/C9H19F2NO/c1-6(2)8(4-5-13)12-7(3)9(10)11/h6-9,12-13H,4-5H2,1-3H3. The third-order valence-corrected chi connectivity index (χ3v) is 2.10. The van der Waals surface area contributed by atoms with Gasteiger partial charge in [-0.1, -0.05) is 13.8 Å². The van der Waals surface area contributed by atoms with Gasteiger partial charge in [0.25, 0.3) is 6.43 Å². The maximum Gasteiger partial charge on any atom is 0.253 e. The Balaban J connectivity index is 3.94. The van der Waals surface area contributed by atoms with Gasteiger partial charge in [0.1, 0.15) is 0 Å². The SMILES string of the molecule is CC(C)C(CCO)NC(C)C(F)F. The van der Waals surface area contributed by atoms with E-state index in [1.54, 1.807) is 0 Å². The van der Waals surface area contributed by atoms with Crippen LogP contribution >= 0.6 is 0 Å². The average molecular weight is 195 g/mol. The Morgan fingerprint density at radius 1 is 1.23 bits per heavy atom. The Morgan fingerprint density at radius 3 is 2.08 bits per heavy atom. The Bertz CT molecular complexity index is 131. The summed E-state index contributed by atoms with van der Waals surface area (Å²) in [4.78, 5) is 0. The van der Waals surface area contributed by atoms with Crippen LogP contribution in [0.4, 0.5) is 8.78 Å². The van der Waals surface area contributed by atoms with E-state index in [4.69, 9.17) is 5.11 Å². The van der Waals surface area contributed by atoms with Gasteiger partial charge in [0, 0.05) is 12.6 Å². The number of halogens is 2. The first kappa shape index (κ1) is 12.8. The number of nitrogens with one attached hydrogen (secondary N) is 1. The predicted octanol–water partition coefficient (Wildman–Crippen LogP) is 1.64. The summed E-state index contributed by atoms with van der Waals surface area (Å²) >= 11 is 0. The number of aliphatic hydroxyl groups is 1. The highest BCUT2D eigenvalue weighted by Gasteiger charge is 2.20. The highest BCUT2D eigenvalue weighted by atomic mass is 19.3. The van der Waals surface area contributed by atoms with E-state index in [2.05, 4.69) is 5.32 Å². The van der Waals surface area contributed by atoms with Gasteiger partial charge < -0.3 is 10.4 Å². The van der Waals surface area contributed by atoms with E-state index in [0.29, 0.717) is 6.42 Å². The minimum absolute atomic E-state index is 0.0333. The summed E-state index contributed by atoms with van der Waals surface area (Å²) in [5.41, 5.74) is 0. The van der Waals surface area contributed by atoms with Gasteiger partial charge in [0.2, 0.25) is 0 Å². The Morgan fingerprint density at radius 2 is 1.77 bits per heavy atom. The van der Waals surface area contributed by atoms with Gasteiger partial charge >= 0.3 is 0 Å². The molecule has 0 spiro atoms. The highest BCUT2D eigenvalue weighted by Crippen LogP contribution is 2.09. The van der Waals surface area contributed by atoms with Crippen molar-refractivity contribution >= 4 is 0 Å². The summed E-state index contributed by atoms with van der Waals surface area (Å²) in [7, 11) is 0. The van der Waals surface area contributed by atoms with E-state index in [1.165, 1.54) is 6.92 Å². The fraction of sp³-hybridized carbons (Fsp3) is 1.00. The van der Waals surface area contributed by atoms with Crippen molar-refractivity contribution in [3.63, 3.8) is 0 Å². The molecule has 2 nitrogen and oxygen atoms in total. The van der Waals surface area contributed by atoms with Gasteiger partial charge in [-0.2, -0.15) is 0 Å². The van der Waals surface area contributed by atoms with Crippen molar-refractivity contribution in [1.82, 2.24) is 5.32 Å². The molecule has 0 aliphatic heterocycles. The van der Waals surface area contributed by atoms with E-state index >= 15 is 0 Å². The normalized spacial score (nSPS) is 16.6. The first-order valence-corrected chi connectivity index (χ1v) is 4.64. The van der Waals surface area contributed by atoms with Crippen molar-refractivity contribution in [2.75, 3.05) is 6.61 Å². The van der Waals surface area contributed by atoms with Crippen LogP contribution in [0, 0.1) is 5.92 Å². The highest BCUT2D eigenvalue weighted by molar-refractivity contribution is 4.75. The largest absolute Gasteiger partial charge is 0.396 e. The van der Waals surface area contributed by atoms with Crippen LogP contribution in [-0.2, 0) is 0 Å². The summed E-state index contributed by atoms with van der Waals surface area (Å²) in [5.74, 6) is 0.258. The minimum atomic E-state index is -2.35. The van der Waals surface area contributed by atoms with Gasteiger partial charge in [0.05, 0.1) is 6.04 Å².